The van der Waals surface area contributed by atoms with E-state index < -0.39 is 0 Å². The summed E-state index contributed by atoms with van der Waals surface area (Å²) in [5, 5.41) is 10.9. The third kappa shape index (κ3) is 3.16. The molecule has 0 fully saturated rings. The highest BCUT2D eigenvalue weighted by molar-refractivity contribution is 14.1. The molecular formula is C18H14INO2S. The van der Waals surface area contributed by atoms with Gasteiger partial charge in [0, 0.05) is 9.13 Å². The summed E-state index contributed by atoms with van der Waals surface area (Å²) in [7, 11) is 0. The smallest absolute Gasteiger partial charge is 0.247 e. The van der Waals surface area contributed by atoms with Gasteiger partial charge in [-0.1, -0.05) is 41.7 Å². The van der Waals surface area contributed by atoms with E-state index in [0.717, 1.165) is 37.2 Å². The number of halogens is 1. The van der Waals surface area contributed by atoms with Crippen LogP contribution in [0.15, 0.2) is 47.3 Å². The molecule has 0 aliphatic heterocycles. The number of aromatic hydroxyl groups is 1. The van der Waals surface area contributed by atoms with Crippen LogP contribution in [0, 0.1) is 17.4 Å². The molecule has 3 rings (SSSR count). The average Bonchev–Trinajstić information content (AvgIpc) is 2.49. The fourth-order valence-corrected chi connectivity index (χ4v) is 4.42. The van der Waals surface area contributed by atoms with E-state index in [-0.39, 0.29) is 10.6 Å². The van der Waals surface area contributed by atoms with Gasteiger partial charge < -0.3 is 5.11 Å². The molecule has 0 bridgehead atoms. The maximum Gasteiger partial charge on any atom is 0.247 e. The van der Waals surface area contributed by atoms with Crippen molar-refractivity contribution in [2.45, 2.75) is 13.8 Å². The van der Waals surface area contributed by atoms with Gasteiger partial charge in [0.05, 0.1) is 0 Å². The molecular weight excluding hydrogens is 421 g/mol. The summed E-state index contributed by atoms with van der Waals surface area (Å²) in [4.78, 5) is 16.9. The molecule has 3 aromatic rings. The molecule has 0 radical (unpaired) electrons. The van der Waals surface area contributed by atoms with E-state index in [0.29, 0.717) is 10.6 Å². The van der Waals surface area contributed by atoms with Crippen LogP contribution in [0.5, 0.6) is 5.88 Å². The number of benzene rings is 2. The summed E-state index contributed by atoms with van der Waals surface area (Å²) in [5.74, 6) is -0.208. The van der Waals surface area contributed by atoms with Crippen molar-refractivity contribution in [3.8, 4) is 27.6 Å². The van der Waals surface area contributed by atoms with Crippen LogP contribution in [-0.4, -0.2) is 10.1 Å². The lowest BCUT2D eigenvalue weighted by Crippen LogP contribution is -2.05. The van der Waals surface area contributed by atoms with E-state index in [2.05, 4.69) is 27.6 Å². The van der Waals surface area contributed by atoms with Crippen LogP contribution in [0.25, 0.3) is 21.7 Å². The topological polar surface area (TPSA) is 50.2 Å². The maximum absolute atomic E-state index is 12.6. The van der Waals surface area contributed by atoms with Crippen LogP contribution in [0.3, 0.4) is 0 Å². The number of hydrogen-bond donors (Lipinski definition) is 1. The molecule has 0 saturated heterocycles. The summed E-state index contributed by atoms with van der Waals surface area (Å²) in [5.41, 5.74) is 3.82. The molecule has 0 unspecified atom stereocenters. The first-order valence-corrected chi connectivity index (χ1v) is 8.93. The van der Waals surface area contributed by atoms with Gasteiger partial charge in [0.15, 0.2) is 0 Å². The Hall–Kier alpha value is -1.73. The average molecular weight is 435 g/mol. The number of nitrogens with zero attached hydrogens (tertiary/aromatic N) is 1. The quantitative estimate of drug-likeness (QED) is 0.591. The minimum atomic E-state index is -0.208. The van der Waals surface area contributed by atoms with Crippen LogP contribution in [0.2, 0.25) is 0 Å². The molecule has 5 heteroatoms. The zero-order valence-electron chi connectivity index (χ0n) is 12.6. The molecule has 1 N–H and O–H groups in total. The van der Waals surface area contributed by atoms with E-state index >= 15 is 0 Å². The van der Waals surface area contributed by atoms with Crippen molar-refractivity contribution in [1.29, 1.82) is 0 Å². The van der Waals surface area contributed by atoms with Crippen LogP contribution in [-0.2, 0) is 0 Å². The van der Waals surface area contributed by atoms with Crippen LogP contribution >= 0.6 is 33.9 Å². The van der Waals surface area contributed by atoms with E-state index in [1.54, 1.807) is 0 Å². The lowest BCUT2D eigenvalue weighted by Gasteiger charge is -2.11. The minimum absolute atomic E-state index is 0.177. The number of hydrogen-bond acceptors (Lipinski definition) is 4. The Kier molecular flexibility index (Phi) is 4.50. The summed E-state index contributed by atoms with van der Waals surface area (Å²) in [6, 6.07) is 13.4. The van der Waals surface area contributed by atoms with Gasteiger partial charge in [0.25, 0.3) is 0 Å². The zero-order chi connectivity index (χ0) is 16.6. The molecule has 116 valence electrons. The van der Waals surface area contributed by atoms with Crippen molar-refractivity contribution in [3.63, 3.8) is 0 Å². The first-order chi connectivity index (χ1) is 11.0. The van der Waals surface area contributed by atoms with Gasteiger partial charge >= 0.3 is 0 Å². The molecule has 0 spiro atoms. The minimum Gasteiger partial charge on any atom is -0.493 e. The molecule has 0 aliphatic carbocycles. The fraction of sp³-hybridized carbons (Fsp3) is 0.111. The number of aryl methyl sites for hydroxylation is 2. The molecule has 0 aliphatic rings. The molecule has 23 heavy (non-hydrogen) atoms. The van der Waals surface area contributed by atoms with Gasteiger partial charge in [-0.25, -0.2) is 4.98 Å². The first-order valence-electron chi connectivity index (χ1n) is 7.04. The van der Waals surface area contributed by atoms with E-state index in [4.69, 9.17) is 0 Å². The normalized spacial score (nSPS) is 10.7. The second kappa shape index (κ2) is 6.41. The van der Waals surface area contributed by atoms with E-state index in [1.807, 2.05) is 56.3 Å². The Bertz CT molecular complexity index is 912. The van der Waals surface area contributed by atoms with Gasteiger partial charge in [-0.15, -0.1) is 0 Å². The molecule has 0 amide bonds. The lowest BCUT2D eigenvalue weighted by atomic mass is 9.98. The van der Waals surface area contributed by atoms with Gasteiger partial charge in [-0.3, -0.25) is 4.79 Å². The molecule has 0 atom stereocenters. The van der Waals surface area contributed by atoms with Gasteiger partial charge in [0.1, 0.15) is 10.6 Å². The van der Waals surface area contributed by atoms with Crippen molar-refractivity contribution < 1.29 is 5.11 Å². The Balaban J connectivity index is 2.22. The third-order valence-electron chi connectivity index (χ3n) is 3.59. The van der Waals surface area contributed by atoms with E-state index in [9.17, 15) is 9.90 Å². The lowest BCUT2D eigenvalue weighted by molar-refractivity contribution is 0.457. The summed E-state index contributed by atoms with van der Waals surface area (Å²) in [6.45, 7) is 3.89. The predicted octanol–water partition coefficient (Wildman–Crippen LogP) is 4.76. The monoisotopic (exact) mass is 435 g/mol. The van der Waals surface area contributed by atoms with Crippen molar-refractivity contribution in [1.82, 2.24) is 4.98 Å². The summed E-state index contributed by atoms with van der Waals surface area (Å²) < 4.78 is 0.926. The first kappa shape index (κ1) is 16.1. The molecule has 0 saturated carbocycles. The number of rotatable bonds is 2. The van der Waals surface area contributed by atoms with Crippen molar-refractivity contribution in [3.05, 3.63) is 66.7 Å². The molecule has 2 aromatic carbocycles. The largest absolute Gasteiger partial charge is 0.493 e. The van der Waals surface area contributed by atoms with Gasteiger partial charge in [-0.05, 0) is 65.3 Å². The van der Waals surface area contributed by atoms with Crippen LogP contribution < -0.4 is 4.74 Å². The standard InChI is InChI=1S/C18H14INO2S/c1-10-8-13(19)9-11(2)14(10)15-16(21)20-17(23-18(15)22)12-6-4-3-5-7-12/h3-9,21H,1-2H3. The van der Waals surface area contributed by atoms with Crippen LogP contribution in [0.1, 0.15) is 11.1 Å². The second-order valence-electron chi connectivity index (χ2n) is 5.29. The molecule has 1 aromatic heterocycles. The molecule has 1 heterocycles. The zero-order valence-corrected chi connectivity index (χ0v) is 15.6. The van der Waals surface area contributed by atoms with Crippen LogP contribution in [0.4, 0.5) is 0 Å². The summed E-state index contributed by atoms with van der Waals surface area (Å²) in [6.07, 6.45) is 0. The third-order valence-corrected chi connectivity index (χ3v) is 5.13. The highest BCUT2D eigenvalue weighted by Gasteiger charge is 2.18. The van der Waals surface area contributed by atoms with Gasteiger partial charge in [-0.2, -0.15) is 0 Å². The highest BCUT2D eigenvalue weighted by atomic mass is 127. The van der Waals surface area contributed by atoms with Crippen molar-refractivity contribution in [2.75, 3.05) is 0 Å². The Morgan fingerprint density at radius 2 is 1.65 bits per heavy atom. The SMILES string of the molecule is Cc1cc(I)cc(C)c1-c1c(O)nc(-c2ccccc2)sc1=O. The second-order valence-corrected chi connectivity index (χ2v) is 7.49. The highest BCUT2D eigenvalue weighted by Crippen LogP contribution is 2.34. The summed E-state index contributed by atoms with van der Waals surface area (Å²) >= 11 is 3.30. The van der Waals surface area contributed by atoms with E-state index in [1.165, 1.54) is 0 Å². The maximum atomic E-state index is 12.6. The van der Waals surface area contributed by atoms with Crippen molar-refractivity contribution in [2.24, 2.45) is 0 Å². The molecule has 3 nitrogen and oxygen atoms in total. The van der Waals surface area contributed by atoms with Crippen molar-refractivity contribution >= 4 is 33.9 Å². The Morgan fingerprint density at radius 3 is 2.22 bits per heavy atom. The fourth-order valence-electron chi connectivity index (χ4n) is 2.63. The van der Waals surface area contributed by atoms with Gasteiger partial charge in [0.2, 0.25) is 10.6 Å². The Labute approximate surface area is 151 Å². The predicted molar refractivity (Wildman–Crippen MR) is 103 cm³/mol. The number of aromatic nitrogens is 1. The Morgan fingerprint density at radius 1 is 1.04 bits per heavy atom.